The third-order valence-corrected chi connectivity index (χ3v) is 5.13. The first-order chi connectivity index (χ1) is 14.8. The zero-order valence-electron chi connectivity index (χ0n) is 19.2. The number of hydrogen-bond acceptors (Lipinski definition) is 5. The molecule has 0 unspecified atom stereocenters. The maximum atomic E-state index is 13.0. The van der Waals surface area contributed by atoms with Crippen LogP contribution >= 0.6 is 0 Å². The van der Waals surface area contributed by atoms with Gasteiger partial charge in [-0.3, -0.25) is 14.5 Å². The van der Waals surface area contributed by atoms with E-state index in [1.807, 2.05) is 32.0 Å². The van der Waals surface area contributed by atoms with Gasteiger partial charge in [-0.25, -0.2) is 0 Å². The van der Waals surface area contributed by atoms with Crippen molar-refractivity contribution in [3.8, 4) is 17.6 Å². The molecule has 1 aromatic carbocycles. The largest absolute Gasteiger partial charge is 0.493 e. The average Bonchev–Trinajstić information content (AvgIpc) is 2.75. The maximum Gasteiger partial charge on any atom is 0.271 e. The minimum atomic E-state index is -0.528. The molecule has 0 spiro atoms. The highest BCUT2D eigenvalue weighted by atomic mass is 16.5. The molecule has 0 radical (unpaired) electrons. The summed E-state index contributed by atoms with van der Waals surface area (Å²) < 4.78 is 11.3. The van der Waals surface area contributed by atoms with Crippen LogP contribution in [-0.2, 0) is 9.59 Å². The van der Waals surface area contributed by atoms with Gasteiger partial charge in [0, 0.05) is 12.1 Å². The second-order valence-electron chi connectivity index (χ2n) is 8.10. The lowest BCUT2D eigenvalue weighted by atomic mass is 9.93. The molecule has 2 amide bonds. The molecule has 166 valence electrons. The molecule has 0 bridgehead atoms. The minimum Gasteiger partial charge on any atom is -0.493 e. The van der Waals surface area contributed by atoms with Crippen molar-refractivity contribution in [2.45, 2.75) is 53.4 Å². The van der Waals surface area contributed by atoms with Gasteiger partial charge in [0.2, 0.25) is 0 Å². The molecule has 31 heavy (non-hydrogen) atoms. The van der Waals surface area contributed by atoms with Crippen LogP contribution in [0.2, 0.25) is 0 Å². The fraction of sp³-hybridized carbons (Fsp3) is 0.480. The van der Waals surface area contributed by atoms with Gasteiger partial charge in [-0.05, 0) is 48.6 Å². The number of methoxy groups -OCH3 is 1. The van der Waals surface area contributed by atoms with E-state index in [0.29, 0.717) is 29.3 Å². The van der Waals surface area contributed by atoms with Gasteiger partial charge in [0.25, 0.3) is 11.8 Å². The third-order valence-electron chi connectivity index (χ3n) is 5.13. The number of unbranched alkanes of at least 4 members (excludes halogenated alkanes) is 3. The Balaban J connectivity index is 2.33. The highest BCUT2D eigenvalue weighted by Gasteiger charge is 2.35. The first kappa shape index (κ1) is 24.2. The van der Waals surface area contributed by atoms with Crippen LogP contribution in [0, 0.1) is 17.2 Å². The molecular formula is C25H32N2O4. The van der Waals surface area contributed by atoms with Crippen molar-refractivity contribution in [1.82, 2.24) is 4.90 Å². The summed E-state index contributed by atoms with van der Waals surface area (Å²) in [7, 11) is 1.57. The Labute approximate surface area is 185 Å². The first-order valence-electron chi connectivity index (χ1n) is 10.8. The van der Waals surface area contributed by atoms with Crippen LogP contribution in [0.25, 0.3) is 6.08 Å². The number of benzene rings is 1. The van der Waals surface area contributed by atoms with Gasteiger partial charge in [-0.15, -0.1) is 0 Å². The van der Waals surface area contributed by atoms with Crippen LogP contribution < -0.4 is 9.47 Å². The van der Waals surface area contributed by atoms with Crippen LogP contribution in [0.1, 0.15) is 58.9 Å². The molecule has 6 heteroatoms. The Hall–Kier alpha value is -3.07. The number of imide groups is 1. The quantitative estimate of drug-likeness (QED) is 0.303. The van der Waals surface area contributed by atoms with Gasteiger partial charge >= 0.3 is 0 Å². The summed E-state index contributed by atoms with van der Waals surface area (Å²) >= 11 is 0. The molecule has 0 saturated heterocycles. The highest BCUT2D eigenvalue weighted by Crippen LogP contribution is 2.32. The minimum absolute atomic E-state index is 0.00509. The Kier molecular flexibility index (Phi) is 8.87. The molecule has 1 aromatic rings. The lowest BCUT2D eigenvalue weighted by molar-refractivity contribution is -0.141. The number of carbonyl (C=O) groups is 2. The molecule has 6 nitrogen and oxygen atoms in total. The topological polar surface area (TPSA) is 79.6 Å². The summed E-state index contributed by atoms with van der Waals surface area (Å²) in [6, 6.07) is 7.42. The van der Waals surface area contributed by atoms with E-state index >= 15 is 0 Å². The van der Waals surface area contributed by atoms with Crippen LogP contribution in [-0.4, -0.2) is 37.0 Å². The van der Waals surface area contributed by atoms with Crippen molar-refractivity contribution in [2.75, 3.05) is 20.3 Å². The van der Waals surface area contributed by atoms with E-state index < -0.39 is 5.91 Å². The normalized spacial score (nSPS) is 15.6. The number of hydrogen-bond donors (Lipinski definition) is 0. The molecule has 1 heterocycles. The predicted octanol–water partition coefficient (Wildman–Crippen LogP) is 4.90. The van der Waals surface area contributed by atoms with E-state index in [1.54, 1.807) is 26.2 Å². The van der Waals surface area contributed by atoms with Crippen LogP contribution in [0.15, 0.2) is 34.9 Å². The molecule has 0 aromatic heterocycles. The van der Waals surface area contributed by atoms with E-state index in [-0.39, 0.29) is 23.9 Å². The number of ether oxygens (including phenoxy) is 2. The SMILES string of the molecule is CCCCCCOc1ccc(/C=C2/C(=O)N(CC(C)C)C(=O)C(C#N)=C2C)cc1OC. The van der Waals surface area contributed by atoms with Crippen molar-refractivity contribution in [1.29, 1.82) is 5.26 Å². The number of nitriles is 1. The third kappa shape index (κ3) is 5.97. The van der Waals surface area contributed by atoms with Crippen molar-refractivity contribution in [3.63, 3.8) is 0 Å². The molecule has 1 aliphatic rings. The zero-order valence-corrected chi connectivity index (χ0v) is 19.2. The van der Waals surface area contributed by atoms with Crippen molar-refractivity contribution < 1.29 is 19.1 Å². The zero-order chi connectivity index (χ0) is 23.0. The van der Waals surface area contributed by atoms with Crippen LogP contribution in [0.3, 0.4) is 0 Å². The standard InChI is InChI=1S/C25H32N2O4/c1-6-7-8-9-12-31-22-11-10-19(14-23(22)30-5)13-20-18(4)21(15-26)25(29)27(24(20)28)16-17(2)3/h10-11,13-14,17H,6-9,12,16H2,1-5H3/b20-13+. The average molecular weight is 425 g/mol. The number of nitrogens with zero attached hydrogens (tertiary/aromatic N) is 2. The first-order valence-corrected chi connectivity index (χ1v) is 10.8. The van der Waals surface area contributed by atoms with Gasteiger partial charge in [-0.2, -0.15) is 5.26 Å². The predicted molar refractivity (Wildman–Crippen MR) is 120 cm³/mol. The van der Waals surface area contributed by atoms with Crippen molar-refractivity contribution in [2.24, 2.45) is 5.92 Å². The summed E-state index contributed by atoms with van der Waals surface area (Å²) in [6.07, 6.45) is 6.17. The number of amides is 2. The van der Waals surface area contributed by atoms with E-state index in [1.165, 1.54) is 12.8 Å². The monoisotopic (exact) mass is 424 g/mol. The Morgan fingerprint density at radius 1 is 1.13 bits per heavy atom. The summed E-state index contributed by atoms with van der Waals surface area (Å²) in [6.45, 7) is 8.54. The maximum absolute atomic E-state index is 13.0. The molecule has 0 aliphatic carbocycles. The summed E-state index contributed by atoms with van der Waals surface area (Å²) in [5.41, 5.74) is 1.47. The molecule has 1 aliphatic heterocycles. The van der Waals surface area contributed by atoms with Gasteiger partial charge in [0.15, 0.2) is 11.5 Å². The van der Waals surface area contributed by atoms with E-state index in [9.17, 15) is 14.9 Å². The molecule has 2 rings (SSSR count). The highest BCUT2D eigenvalue weighted by molar-refractivity contribution is 6.19. The van der Waals surface area contributed by atoms with Crippen LogP contribution in [0.5, 0.6) is 11.5 Å². The Bertz CT molecular complexity index is 922. The number of rotatable bonds is 10. The van der Waals surface area contributed by atoms with Gasteiger partial charge in [0.1, 0.15) is 11.6 Å². The van der Waals surface area contributed by atoms with Crippen LogP contribution in [0.4, 0.5) is 0 Å². The second-order valence-corrected chi connectivity index (χ2v) is 8.10. The van der Waals surface area contributed by atoms with E-state index in [0.717, 1.165) is 23.3 Å². The van der Waals surface area contributed by atoms with Crippen molar-refractivity contribution in [3.05, 3.63) is 40.5 Å². The summed E-state index contributed by atoms with van der Waals surface area (Å²) in [4.78, 5) is 26.8. The molecule has 0 fully saturated rings. The van der Waals surface area contributed by atoms with E-state index in [2.05, 4.69) is 6.92 Å². The molecule has 0 saturated carbocycles. The fourth-order valence-corrected chi connectivity index (χ4v) is 3.43. The fourth-order valence-electron chi connectivity index (χ4n) is 3.43. The second kappa shape index (κ2) is 11.4. The van der Waals surface area contributed by atoms with Gasteiger partial charge in [-0.1, -0.05) is 46.1 Å². The Morgan fingerprint density at radius 3 is 2.48 bits per heavy atom. The van der Waals surface area contributed by atoms with Gasteiger partial charge < -0.3 is 9.47 Å². The lowest BCUT2D eigenvalue weighted by Gasteiger charge is -2.28. The molecule has 0 atom stereocenters. The van der Waals surface area contributed by atoms with E-state index in [4.69, 9.17) is 9.47 Å². The summed E-state index contributed by atoms with van der Waals surface area (Å²) in [5.74, 6) is 0.412. The van der Waals surface area contributed by atoms with Crippen molar-refractivity contribution >= 4 is 17.9 Å². The van der Waals surface area contributed by atoms with Gasteiger partial charge in [0.05, 0.1) is 13.7 Å². The lowest BCUT2D eigenvalue weighted by Crippen LogP contribution is -2.44. The molecular weight excluding hydrogens is 392 g/mol. The molecule has 0 N–H and O–H groups in total. The smallest absolute Gasteiger partial charge is 0.271 e. The summed E-state index contributed by atoms with van der Waals surface area (Å²) in [5, 5.41) is 9.48. The Morgan fingerprint density at radius 2 is 1.87 bits per heavy atom. The number of carbonyl (C=O) groups excluding carboxylic acids is 2.